The Labute approximate surface area is 160 Å². The first-order valence-corrected chi connectivity index (χ1v) is 10.3. The van der Waals surface area contributed by atoms with Crippen LogP contribution in [0, 0.1) is 6.92 Å². The van der Waals surface area contributed by atoms with E-state index in [1.54, 1.807) is 36.9 Å². The summed E-state index contributed by atoms with van der Waals surface area (Å²) in [6.07, 6.45) is 0.852. The summed E-state index contributed by atoms with van der Waals surface area (Å²) in [7, 11) is -0.532. The van der Waals surface area contributed by atoms with Crippen molar-refractivity contribution in [2.75, 3.05) is 30.9 Å². The molecule has 1 aliphatic heterocycles. The molecule has 1 amide bonds. The van der Waals surface area contributed by atoms with Gasteiger partial charge in [0.15, 0.2) is 0 Å². The highest BCUT2D eigenvalue weighted by Gasteiger charge is 2.28. The third kappa shape index (κ3) is 3.70. The van der Waals surface area contributed by atoms with Gasteiger partial charge in [0, 0.05) is 32.0 Å². The van der Waals surface area contributed by atoms with E-state index < -0.39 is 16.1 Å². The van der Waals surface area contributed by atoms with E-state index in [2.05, 4.69) is 5.32 Å². The average Bonchev–Trinajstić information content (AvgIpc) is 3.06. The molecule has 0 bridgehead atoms. The van der Waals surface area contributed by atoms with Crippen molar-refractivity contribution >= 4 is 27.3 Å². The van der Waals surface area contributed by atoms with Gasteiger partial charge in [0.1, 0.15) is 6.04 Å². The maximum atomic E-state index is 12.9. The number of fused-ring (bicyclic) bond motifs is 1. The number of carbonyl (C=O) groups excluding carboxylic acids is 1. The summed E-state index contributed by atoms with van der Waals surface area (Å²) in [5.74, 6) is -0.0301. The summed E-state index contributed by atoms with van der Waals surface area (Å²) >= 11 is 0. The number of sulfonamides is 1. The largest absolute Gasteiger partial charge is 0.374 e. The molecule has 1 aliphatic rings. The number of benzene rings is 2. The fraction of sp³-hybridized carbons (Fsp3) is 0.350. The number of amides is 1. The molecule has 0 saturated heterocycles. The van der Waals surface area contributed by atoms with Crippen LogP contribution in [-0.4, -0.2) is 45.3 Å². The number of hydrogen-bond acceptors (Lipinski definition) is 4. The second kappa shape index (κ2) is 7.32. The van der Waals surface area contributed by atoms with E-state index in [0.29, 0.717) is 17.8 Å². The number of para-hydroxylation sites is 1. The summed E-state index contributed by atoms with van der Waals surface area (Å²) in [6, 6.07) is 12.6. The molecule has 6 nitrogen and oxygen atoms in total. The zero-order valence-corrected chi connectivity index (χ0v) is 16.9. The zero-order valence-electron chi connectivity index (χ0n) is 16.1. The Kier molecular flexibility index (Phi) is 5.26. The van der Waals surface area contributed by atoms with Gasteiger partial charge in [-0.25, -0.2) is 12.7 Å². The molecule has 144 valence electrons. The van der Waals surface area contributed by atoms with E-state index in [9.17, 15) is 13.2 Å². The van der Waals surface area contributed by atoms with Gasteiger partial charge in [0.2, 0.25) is 15.9 Å². The monoisotopic (exact) mass is 387 g/mol. The van der Waals surface area contributed by atoms with Gasteiger partial charge in [0.05, 0.1) is 4.90 Å². The molecule has 0 aliphatic carbocycles. The van der Waals surface area contributed by atoms with Crippen LogP contribution in [-0.2, 0) is 21.2 Å². The van der Waals surface area contributed by atoms with Crippen LogP contribution < -0.4 is 10.2 Å². The van der Waals surface area contributed by atoms with Crippen molar-refractivity contribution < 1.29 is 13.2 Å². The van der Waals surface area contributed by atoms with Gasteiger partial charge < -0.3 is 10.2 Å². The molecule has 2 aromatic rings. The molecule has 0 saturated carbocycles. The Balaban J connectivity index is 1.81. The number of aryl methyl sites for hydroxylation is 1. The number of nitrogens with zero attached hydrogens (tertiary/aromatic N) is 2. The van der Waals surface area contributed by atoms with Crippen molar-refractivity contribution in [3.05, 3.63) is 53.6 Å². The molecule has 3 rings (SSSR count). The maximum absolute atomic E-state index is 12.9. The fourth-order valence-electron chi connectivity index (χ4n) is 3.28. The van der Waals surface area contributed by atoms with Crippen molar-refractivity contribution in [2.45, 2.75) is 31.2 Å². The van der Waals surface area contributed by atoms with Crippen molar-refractivity contribution in [1.82, 2.24) is 4.31 Å². The van der Waals surface area contributed by atoms with Crippen LogP contribution in [0.25, 0.3) is 0 Å². The minimum atomic E-state index is -3.54. The van der Waals surface area contributed by atoms with Crippen LogP contribution in [0.4, 0.5) is 11.4 Å². The Hall–Kier alpha value is -2.38. The quantitative estimate of drug-likeness (QED) is 0.856. The topological polar surface area (TPSA) is 69.7 Å². The molecule has 0 radical (unpaired) electrons. The second-order valence-electron chi connectivity index (χ2n) is 7.00. The first-order chi connectivity index (χ1) is 12.7. The number of anilines is 2. The second-order valence-corrected chi connectivity index (χ2v) is 9.12. The van der Waals surface area contributed by atoms with Crippen LogP contribution in [0.2, 0.25) is 0 Å². The first kappa shape index (κ1) is 19.4. The number of hydrogen-bond donors (Lipinski definition) is 1. The van der Waals surface area contributed by atoms with Crippen molar-refractivity contribution in [3.8, 4) is 0 Å². The molecule has 0 aromatic heterocycles. The predicted molar refractivity (Wildman–Crippen MR) is 108 cm³/mol. The number of carbonyl (C=O) groups is 1. The van der Waals surface area contributed by atoms with Crippen LogP contribution in [0.3, 0.4) is 0 Å². The SMILES string of the molecule is Cc1ccc(N[C@@H](C)C(=O)N2CCc3ccccc32)cc1S(=O)(=O)N(C)C. The van der Waals surface area contributed by atoms with E-state index >= 15 is 0 Å². The highest BCUT2D eigenvalue weighted by Crippen LogP contribution is 2.29. The third-order valence-electron chi connectivity index (χ3n) is 4.85. The van der Waals surface area contributed by atoms with Gasteiger partial charge in [0.25, 0.3) is 0 Å². The molecule has 0 spiro atoms. The summed E-state index contributed by atoms with van der Waals surface area (Å²) in [5.41, 5.74) is 3.40. The summed E-state index contributed by atoms with van der Waals surface area (Å²) < 4.78 is 26.2. The molecule has 0 fully saturated rings. The molecular weight excluding hydrogens is 362 g/mol. The Bertz CT molecular complexity index is 970. The van der Waals surface area contributed by atoms with Crippen molar-refractivity contribution in [3.63, 3.8) is 0 Å². The molecule has 0 unspecified atom stereocenters. The molecule has 27 heavy (non-hydrogen) atoms. The molecule has 1 atom stereocenters. The summed E-state index contributed by atoms with van der Waals surface area (Å²) in [6.45, 7) is 4.22. The van der Waals surface area contributed by atoms with Gasteiger partial charge in [-0.2, -0.15) is 0 Å². The minimum absolute atomic E-state index is 0.0301. The van der Waals surface area contributed by atoms with Gasteiger partial charge in [-0.15, -0.1) is 0 Å². The molecular formula is C20H25N3O3S. The van der Waals surface area contributed by atoms with Gasteiger partial charge >= 0.3 is 0 Å². The fourth-order valence-corrected chi connectivity index (χ4v) is 4.42. The van der Waals surface area contributed by atoms with Crippen molar-refractivity contribution in [2.24, 2.45) is 0 Å². The maximum Gasteiger partial charge on any atom is 0.249 e. The summed E-state index contributed by atoms with van der Waals surface area (Å²) in [4.78, 5) is 14.9. The van der Waals surface area contributed by atoms with E-state index in [4.69, 9.17) is 0 Å². The number of rotatable bonds is 5. The van der Waals surface area contributed by atoms with E-state index in [-0.39, 0.29) is 10.8 Å². The molecule has 2 aromatic carbocycles. The van der Waals surface area contributed by atoms with E-state index in [1.807, 2.05) is 24.3 Å². The number of nitrogens with one attached hydrogen (secondary N) is 1. The lowest BCUT2D eigenvalue weighted by molar-refractivity contribution is -0.118. The first-order valence-electron chi connectivity index (χ1n) is 8.91. The molecule has 1 N–H and O–H groups in total. The zero-order chi connectivity index (χ0) is 19.8. The smallest absolute Gasteiger partial charge is 0.249 e. The van der Waals surface area contributed by atoms with Gasteiger partial charge in [-0.3, -0.25) is 4.79 Å². The van der Waals surface area contributed by atoms with Crippen LogP contribution >= 0.6 is 0 Å². The third-order valence-corrected chi connectivity index (χ3v) is 6.81. The van der Waals surface area contributed by atoms with Crippen LogP contribution in [0.15, 0.2) is 47.4 Å². The molecule has 1 heterocycles. The highest BCUT2D eigenvalue weighted by molar-refractivity contribution is 7.89. The average molecular weight is 388 g/mol. The van der Waals surface area contributed by atoms with Crippen molar-refractivity contribution in [1.29, 1.82) is 0 Å². The lowest BCUT2D eigenvalue weighted by Crippen LogP contribution is -2.40. The van der Waals surface area contributed by atoms with Gasteiger partial charge in [-0.05, 0) is 49.6 Å². The normalized spacial score (nSPS) is 14.9. The van der Waals surface area contributed by atoms with Crippen LogP contribution in [0.1, 0.15) is 18.1 Å². The Morgan fingerprint density at radius 2 is 1.89 bits per heavy atom. The highest BCUT2D eigenvalue weighted by atomic mass is 32.2. The Morgan fingerprint density at radius 3 is 2.59 bits per heavy atom. The lowest BCUT2D eigenvalue weighted by Gasteiger charge is -2.23. The van der Waals surface area contributed by atoms with E-state index in [0.717, 1.165) is 12.1 Å². The van der Waals surface area contributed by atoms with E-state index in [1.165, 1.54) is 24.0 Å². The molecule has 7 heteroatoms. The lowest BCUT2D eigenvalue weighted by atomic mass is 10.1. The minimum Gasteiger partial charge on any atom is -0.374 e. The summed E-state index contributed by atoms with van der Waals surface area (Å²) in [5, 5.41) is 3.15. The predicted octanol–water partition coefficient (Wildman–Crippen LogP) is 2.64. The Morgan fingerprint density at radius 1 is 1.19 bits per heavy atom. The van der Waals surface area contributed by atoms with Gasteiger partial charge in [-0.1, -0.05) is 24.3 Å². The van der Waals surface area contributed by atoms with Crippen LogP contribution in [0.5, 0.6) is 0 Å². The standard InChI is InChI=1S/C20H25N3O3S/c1-14-9-10-17(13-19(14)27(25,26)22(3)4)21-15(2)20(24)23-12-11-16-7-5-6-8-18(16)23/h5-10,13,15,21H,11-12H2,1-4H3/t15-/m0/s1.